The number of nitrogens with zero attached hydrogens (tertiary/aromatic N) is 1. The van der Waals surface area contributed by atoms with Crippen LogP contribution in [0.25, 0.3) is 0 Å². The summed E-state index contributed by atoms with van der Waals surface area (Å²) in [6.45, 7) is 0.235. The number of hydrazone groups is 1. The number of hydrogen-bond acceptors (Lipinski definition) is 6. The molecule has 2 amide bonds. The molecule has 2 N–H and O–H groups in total. The first kappa shape index (κ1) is 24.8. The number of hydrogen-bond donors (Lipinski definition) is 2. The molecule has 3 rings (SSSR count). The first-order chi connectivity index (χ1) is 16.5. The molecule has 9 heteroatoms. The van der Waals surface area contributed by atoms with Gasteiger partial charge in [0.25, 0.3) is 11.8 Å². The third-order valence-electron chi connectivity index (χ3n) is 4.66. The maximum Gasteiger partial charge on any atom is 0.259 e. The number of benzene rings is 3. The SMILES string of the molecule is COc1ccc(C(=O)NCC(=O)N/N=C/c2ccc(OCc3ccc(Br)cc3)cc2)cc1OC. The number of ether oxygens (including phenoxy) is 3. The number of rotatable bonds is 10. The van der Waals surface area contributed by atoms with Crippen LogP contribution in [0, 0.1) is 0 Å². The summed E-state index contributed by atoms with van der Waals surface area (Å²) in [7, 11) is 2.99. The molecule has 176 valence electrons. The van der Waals surface area contributed by atoms with Gasteiger partial charge in [-0.3, -0.25) is 9.59 Å². The number of amides is 2. The average Bonchev–Trinajstić information content (AvgIpc) is 2.87. The topological polar surface area (TPSA) is 98.2 Å². The van der Waals surface area contributed by atoms with Gasteiger partial charge in [-0.25, -0.2) is 5.43 Å². The van der Waals surface area contributed by atoms with Crippen molar-refractivity contribution in [3.8, 4) is 17.2 Å². The Morgan fingerprint density at radius 1 is 0.941 bits per heavy atom. The molecule has 0 aliphatic carbocycles. The van der Waals surface area contributed by atoms with E-state index in [1.807, 2.05) is 48.5 Å². The van der Waals surface area contributed by atoms with Gasteiger partial charge < -0.3 is 19.5 Å². The smallest absolute Gasteiger partial charge is 0.259 e. The van der Waals surface area contributed by atoms with Gasteiger partial charge in [0.1, 0.15) is 12.4 Å². The molecule has 0 radical (unpaired) electrons. The molecular weight excluding hydrogens is 502 g/mol. The highest BCUT2D eigenvalue weighted by molar-refractivity contribution is 9.10. The van der Waals surface area contributed by atoms with E-state index in [2.05, 4.69) is 31.8 Å². The molecule has 0 atom stereocenters. The van der Waals surface area contributed by atoms with Crippen molar-refractivity contribution >= 4 is 34.0 Å². The zero-order chi connectivity index (χ0) is 24.3. The van der Waals surface area contributed by atoms with Gasteiger partial charge in [-0.05, 0) is 65.7 Å². The van der Waals surface area contributed by atoms with Crippen molar-refractivity contribution < 1.29 is 23.8 Å². The number of halogens is 1. The van der Waals surface area contributed by atoms with Gasteiger partial charge in [0, 0.05) is 10.0 Å². The van der Waals surface area contributed by atoms with Crippen molar-refractivity contribution in [3.05, 3.63) is 87.9 Å². The minimum atomic E-state index is -0.459. The van der Waals surface area contributed by atoms with Crippen LogP contribution in [0.1, 0.15) is 21.5 Å². The maximum absolute atomic E-state index is 12.3. The van der Waals surface area contributed by atoms with Crippen LogP contribution in [0.5, 0.6) is 17.2 Å². The molecule has 3 aromatic rings. The van der Waals surface area contributed by atoms with Gasteiger partial charge in [0.05, 0.1) is 27.0 Å². The van der Waals surface area contributed by atoms with Crippen molar-refractivity contribution in [1.29, 1.82) is 0 Å². The van der Waals surface area contributed by atoms with E-state index in [9.17, 15) is 9.59 Å². The normalized spacial score (nSPS) is 10.6. The fourth-order valence-electron chi connectivity index (χ4n) is 2.86. The number of nitrogens with one attached hydrogen (secondary N) is 2. The van der Waals surface area contributed by atoms with Crippen LogP contribution in [0.15, 0.2) is 76.3 Å². The second-order valence-electron chi connectivity index (χ2n) is 7.03. The molecular formula is C25H24BrN3O5. The van der Waals surface area contributed by atoms with Crippen LogP contribution < -0.4 is 25.0 Å². The van der Waals surface area contributed by atoms with Crippen LogP contribution in [-0.4, -0.2) is 38.8 Å². The summed E-state index contributed by atoms with van der Waals surface area (Å²) in [6, 6.07) is 20.0. The predicted octanol–water partition coefficient (Wildman–Crippen LogP) is 3.93. The molecule has 0 spiro atoms. The van der Waals surface area contributed by atoms with Crippen molar-refractivity contribution in [3.63, 3.8) is 0 Å². The monoisotopic (exact) mass is 525 g/mol. The lowest BCUT2D eigenvalue weighted by Gasteiger charge is -2.09. The van der Waals surface area contributed by atoms with Crippen molar-refractivity contribution in [2.45, 2.75) is 6.61 Å². The minimum Gasteiger partial charge on any atom is -0.493 e. The molecule has 0 fully saturated rings. The van der Waals surface area contributed by atoms with Gasteiger partial charge in [0.15, 0.2) is 11.5 Å². The molecule has 0 heterocycles. The van der Waals surface area contributed by atoms with Crippen LogP contribution in [0.4, 0.5) is 0 Å². The zero-order valence-electron chi connectivity index (χ0n) is 18.7. The van der Waals surface area contributed by atoms with Crippen LogP contribution >= 0.6 is 15.9 Å². The molecule has 0 saturated carbocycles. The largest absolute Gasteiger partial charge is 0.493 e. The molecule has 0 unspecified atom stereocenters. The Labute approximate surface area is 206 Å². The van der Waals surface area contributed by atoms with Crippen LogP contribution in [0.2, 0.25) is 0 Å². The van der Waals surface area contributed by atoms with E-state index < -0.39 is 11.8 Å². The Morgan fingerprint density at radius 3 is 2.32 bits per heavy atom. The molecule has 0 aliphatic rings. The van der Waals surface area contributed by atoms with Crippen molar-refractivity contribution in [2.24, 2.45) is 5.10 Å². The lowest BCUT2D eigenvalue weighted by atomic mass is 10.2. The predicted molar refractivity (Wildman–Crippen MR) is 133 cm³/mol. The molecule has 0 bridgehead atoms. The zero-order valence-corrected chi connectivity index (χ0v) is 20.3. The molecule has 34 heavy (non-hydrogen) atoms. The fraction of sp³-hybridized carbons (Fsp3) is 0.160. The maximum atomic E-state index is 12.3. The molecule has 8 nitrogen and oxygen atoms in total. The lowest BCUT2D eigenvalue weighted by molar-refractivity contribution is -0.120. The molecule has 3 aromatic carbocycles. The molecule has 0 saturated heterocycles. The summed E-state index contributed by atoms with van der Waals surface area (Å²) in [5, 5.41) is 6.45. The first-order valence-electron chi connectivity index (χ1n) is 10.3. The van der Waals surface area contributed by atoms with E-state index >= 15 is 0 Å². The van der Waals surface area contributed by atoms with Gasteiger partial charge in [0.2, 0.25) is 0 Å². The van der Waals surface area contributed by atoms with Gasteiger partial charge in [-0.15, -0.1) is 0 Å². The standard InChI is InChI=1S/C25H24BrN3O5/c1-32-22-12-7-19(13-23(22)33-2)25(31)27-15-24(30)29-28-14-17-5-10-21(11-6-17)34-16-18-3-8-20(26)9-4-18/h3-14H,15-16H2,1-2H3,(H,27,31)(H,29,30)/b28-14+. The van der Waals surface area contributed by atoms with E-state index in [0.29, 0.717) is 23.7 Å². The van der Waals surface area contributed by atoms with Crippen LogP contribution in [0.3, 0.4) is 0 Å². The second-order valence-corrected chi connectivity index (χ2v) is 7.95. The summed E-state index contributed by atoms with van der Waals surface area (Å²) in [5.41, 5.74) is 4.57. The van der Waals surface area contributed by atoms with E-state index in [-0.39, 0.29) is 6.54 Å². The molecule has 0 aromatic heterocycles. The lowest BCUT2D eigenvalue weighted by Crippen LogP contribution is -2.34. The Kier molecular flexibility index (Phi) is 9.04. The quantitative estimate of drug-likeness (QED) is 0.308. The third-order valence-corrected chi connectivity index (χ3v) is 5.19. The highest BCUT2D eigenvalue weighted by atomic mass is 79.9. The fourth-order valence-corrected chi connectivity index (χ4v) is 3.12. The Hall–Kier alpha value is -3.85. The molecule has 0 aliphatic heterocycles. The summed E-state index contributed by atoms with van der Waals surface area (Å²) in [5.74, 6) is 0.782. The first-order valence-corrected chi connectivity index (χ1v) is 11.1. The van der Waals surface area contributed by atoms with Gasteiger partial charge in [-0.2, -0.15) is 5.10 Å². The summed E-state index contributed by atoms with van der Waals surface area (Å²) >= 11 is 3.41. The highest BCUT2D eigenvalue weighted by Gasteiger charge is 2.11. The number of carbonyl (C=O) groups excluding carboxylic acids is 2. The van der Waals surface area contributed by atoms with Crippen LogP contribution in [-0.2, 0) is 11.4 Å². The summed E-state index contributed by atoms with van der Waals surface area (Å²) in [6.07, 6.45) is 1.51. The number of carbonyl (C=O) groups is 2. The third kappa shape index (κ3) is 7.35. The highest BCUT2D eigenvalue weighted by Crippen LogP contribution is 2.27. The minimum absolute atomic E-state index is 0.229. The van der Waals surface area contributed by atoms with E-state index in [1.54, 1.807) is 12.1 Å². The average molecular weight is 526 g/mol. The Balaban J connectivity index is 1.42. The summed E-state index contributed by atoms with van der Waals surface area (Å²) < 4.78 is 17.1. The van der Waals surface area contributed by atoms with E-state index in [4.69, 9.17) is 14.2 Å². The van der Waals surface area contributed by atoms with E-state index in [0.717, 1.165) is 21.3 Å². The van der Waals surface area contributed by atoms with Crippen molar-refractivity contribution in [1.82, 2.24) is 10.7 Å². The van der Waals surface area contributed by atoms with Crippen molar-refractivity contribution in [2.75, 3.05) is 20.8 Å². The number of methoxy groups -OCH3 is 2. The van der Waals surface area contributed by atoms with Gasteiger partial charge >= 0.3 is 0 Å². The Morgan fingerprint density at radius 2 is 1.65 bits per heavy atom. The Bertz CT molecular complexity index is 1150. The van der Waals surface area contributed by atoms with Gasteiger partial charge in [-0.1, -0.05) is 28.1 Å². The second kappa shape index (κ2) is 12.4. The van der Waals surface area contributed by atoms with E-state index in [1.165, 1.54) is 26.5 Å². The summed E-state index contributed by atoms with van der Waals surface area (Å²) in [4.78, 5) is 24.2.